The fourth-order valence-corrected chi connectivity index (χ4v) is 1.80. The van der Waals surface area contributed by atoms with Crippen LogP contribution in [0.1, 0.15) is 18.9 Å². The zero-order chi connectivity index (χ0) is 10.7. The highest BCUT2D eigenvalue weighted by Gasteiger charge is 1.98. The summed E-state index contributed by atoms with van der Waals surface area (Å²) in [6.07, 6.45) is 4.23. The van der Waals surface area contributed by atoms with Gasteiger partial charge in [-0.25, -0.2) is 0 Å². The number of aromatic amines is 2. The van der Waals surface area contributed by atoms with Crippen molar-refractivity contribution >= 4 is 12.2 Å². The number of nitrogens with one attached hydrogen (secondary N) is 2. The van der Waals surface area contributed by atoms with E-state index in [0.29, 0.717) is 4.77 Å². The van der Waals surface area contributed by atoms with Crippen LogP contribution in [-0.2, 0) is 6.42 Å². The molecule has 3 heteroatoms. The Labute approximate surface area is 94.4 Å². The molecule has 0 bridgehead atoms. The summed E-state index contributed by atoms with van der Waals surface area (Å²) in [5.74, 6) is 0. The molecule has 2 N–H and O–H groups in total. The van der Waals surface area contributed by atoms with Crippen LogP contribution in [0.3, 0.4) is 0 Å². The van der Waals surface area contributed by atoms with E-state index in [4.69, 9.17) is 12.2 Å². The van der Waals surface area contributed by atoms with Gasteiger partial charge in [-0.05, 0) is 29.8 Å². The summed E-state index contributed by atoms with van der Waals surface area (Å²) in [6, 6.07) is 8.59. The van der Waals surface area contributed by atoms with E-state index in [1.807, 2.05) is 6.20 Å². The van der Waals surface area contributed by atoms with Crippen LogP contribution < -0.4 is 0 Å². The maximum Gasteiger partial charge on any atom is 0.174 e. The molecule has 1 aromatic heterocycles. The summed E-state index contributed by atoms with van der Waals surface area (Å²) < 4.78 is 0.669. The quantitative estimate of drug-likeness (QED) is 0.756. The predicted molar refractivity (Wildman–Crippen MR) is 65.4 cm³/mol. The highest BCUT2D eigenvalue weighted by molar-refractivity contribution is 7.71. The van der Waals surface area contributed by atoms with Gasteiger partial charge in [-0.2, -0.15) is 0 Å². The van der Waals surface area contributed by atoms with Crippen LogP contribution in [0.25, 0.3) is 11.3 Å². The van der Waals surface area contributed by atoms with Crippen LogP contribution in [0.15, 0.2) is 30.5 Å². The Balaban J connectivity index is 2.27. The molecule has 0 saturated carbocycles. The summed E-state index contributed by atoms with van der Waals surface area (Å²) in [5.41, 5.74) is 3.60. The lowest BCUT2D eigenvalue weighted by atomic mass is 10.1. The van der Waals surface area contributed by atoms with E-state index >= 15 is 0 Å². The van der Waals surface area contributed by atoms with Gasteiger partial charge in [-0.15, -0.1) is 0 Å². The SMILES string of the molecule is CCCc1ccc(-c2c[nH]c(=S)[nH]2)cc1. The van der Waals surface area contributed by atoms with Gasteiger partial charge in [-0.1, -0.05) is 37.6 Å². The van der Waals surface area contributed by atoms with E-state index in [1.54, 1.807) is 0 Å². The average molecular weight is 218 g/mol. The molecule has 2 aromatic rings. The molecule has 78 valence electrons. The van der Waals surface area contributed by atoms with Gasteiger partial charge in [-0.3, -0.25) is 0 Å². The second-order valence-corrected chi connectivity index (χ2v) is 4.01. The van der Waals surface area contributed by atoms with Gasteiger partial charge in [0.2, 0.25) is 0 Å². The lowest BCUT2D eigenvalue weighted by Gasteiger charge is -2.00. The molecule has 0 atom stereocenters. The van der Waals surface area contributed by atoms with Crippen molar-refractivity contribution in [2.24, 2.45) is 0 Å². The standard InChI is InChI=1S/C12H14N2S/c1-2-3-9-4-6-10(7-5-9)11-8-13-12(15)14-11/h4-8H,2-3H2,1H3,(H2,13,14,15). The first-order valence-corrected chi connectivity index (χ1v) is 5.57. The minimum absolute atomic E-state index is 0.669. The number of aromatic nitrogens is 2. The summed E-state index contributed by atoms with van der Waals surface area (Å²) in [5, 5.41) is 0. The minimum atomic E-state index is 0.669. The number of rotatable bonds is 3. The zero-order valence-electron chi connectivity index (χ0n) is 8.71. The third kappa shape index (κ3) is 2.36. The van der Waals surface area contributed by atoms with Crippen molar-refractivity contribution < 1.29 is 0 Å². The molecule has 0 saturated heterocycles. The molecule has 0 radical (unpaired) electrons. The molecule has 0 aliphatic carbocycles. The zero-order valence-corrected chi connectivity index (χ0v) is 9.53. The van der Waals surface area contributed by atoms with E-state index in [1.165, 1.54) is 17.5 Å². The summed E-state index contributed by atoms with van der Waals surface area (Å²) in [4.78, 5) is 6.07. The van der Waals surface area contributed by atoms with E-state index < -0.39 is 0 Å². The number of imidazole rings is 1. The number of H-pyrrole nitrogens is 2. The first-order chi connectivity index (χ1) is 7.29. The van der Waals surface area contributed by atoms with E-state index in [2.05, 4.69) is 41.2 Å². The Bertz CT molecular complexity index is 479. The Morgan fingerprint density at radius 1 is 1.20 bits per heavy atom. The van der Waals surface area contributed by atoms with Gasteiger partial charge < -0.3 is 9.97 Å². The molecule has 1 heterocycles. The summed E-state index contributed by atoms with van der Waals surface area (Å²) in [7, 11) is 0. The topological polar surface area (TPSA) is 31.6 Å². The van der Waals surface area contributed by atoms with Gasteiger partial charge in [0.15, 0.2) is 4.77 Å². The molecule has 1 aromatic carbocycles. The number of hydrogen-bond donors (Lipinski definition) is 2. The minimum Gasteiger partial charge on any atom is -0.337 e. The van der Waals surface area contributed by atoms with Gasteiger partial charge in [0.25, 0.3) is 0 Å². The first kappa shape index (κ1) is 10.2. The van der Waals surface area contributed by atoms with Crippen molar-refractivity contribution in [2.75, 3.05) is 0 Å². The molecule has 15 heavy (non-hydrogen) atoms. The smallest absolute Gasteiger partial charge is 0.174 e. The molecule has 0 unspecified atom stereocenters. The largest absolute Gasteiger partial charge is 0.337 e. The van der Waals surface area contributed by atoms with Crippen LogP contribution in [0.5, 0.6) is 0 Å². The maximum atomic E-state index is 4.99. The van der Waals surface area contributed by atoms with Gasteiger partial charge in [0.05, 0.1) is 5.69 Å². The average Bonchev–Trinajstić information content (AvgIpc) is 2.67. The molecule has 2 nitrogen and oxygen atoms in total. The lowest BCUT2D eigenvalue weighted by Crippen LogP contribution is -1.83. The molecule has 0 amide bonds. The molecule has 0 spiro atoms. The van der Waals surface area contributed by atoms with Crippen LogP contribution >= 0.6 is 12.2 Å². The Kier molecular flexibility index (Phi) is 3.02. The molecule has 2 rings (SSSR count). The Morgan fingerprint density at radius 3 is 2.47 bits per heavy atom. The summed E-state index contributed by atoms with van der Waals surface area (Å²) in [6.45, 7) is 2.19. The highest BCUT2D eigenvalue weighted by Crippen LogP contribution is 2.17. The van der Waals surface area contributed by atoms with E-state index in [0.717, 1.165) is 12.1 Å². The second-order valence-electron chi connectivity index (χ2n) is 3.60. The first-order valence-electron chi connectivity index (χ1n) is 5.16. The van der Waals surface area contributed by atoms with Gasteiger partial charge in [0, 0.05) is 6.20 Å². The van der Waals surface area contributed by atoms with Crippen molar-refractivity contribution in [3.63, 3.8) is 0 Å². The molecular formula is C12H14N2S. The predicted octanol–water partition coefficient (Wildman–Crippen LogP) is 3.69. The van der Waals surface area contributed by atoms with Crippen molar-refractivity contribution in [3.05, 3.63) is 40.8 Å². The van der Waals surface area contributed by atoms with E-state index in [9.17, 15) is 0 Å². The Hall–Kier alpha value is -1.35. The number of aryl methyl sites for hydroxylation is 1. The normalized spacial score (nSPS) is 10.5. The third-order valence-electron chi connectivity index (χ3n) is 2.40. The van der Waals surface area contributed by atoms with Crippen molar-refractivity contribution in [3.8, 4) is 11.3 Å². The highest BCUT2D eigenvalue weighted by atomic mass is 32.1. The fraction of sp³-hybridized carbons (Fsp3) is 0.250. The fourth-order valence-electron chi connectivity index (χ4n) is 1.63. The van der Waals surface area contributed by atoms with Crippen LogP contribution in [0, 0.1) is 4.77 Å². The Morgan fingerprint density at radius 2 is 1.93 bits per heavy atom. The van der Waals surface area contributed by atoms with Crippen molar-refractivity contribution in [1.82, 2.24) is 9.97 Å². The lowest BCUT2D eigenvalue weighted by molar-refractivity contribution is 0.922. The molecule has 0 aliphatic rings. The second kappa shape index (κ2) is 4.45. The van der Waals surface area contributed by atoms with E-state index in [-0.39, 0.29) is 0 Å². The van der Waals surface area contributed by atoms with Crippen molar-refractivity contribution in [2.45, 2.75) is 19.8 Å². The van der Waals surface area contributed by atoms with Crippen LogP contribution in [0.2, 0.25) is 0 Å². The van der Waals surface area contributed by atoms with Gasteiger partial charge in [0.1, 0.15) is 0 Å². The van der Waals surface area contributed by atoms with Crippen LogP contribution in [0.4, 0.5) is 0 Å². The van der Waals surface area contributed by atoms with Crippen LogP contribution in [-0.4, -0.2) is 9.97 Å². The van der Waals surface area contributed by atoms with Crippen molar-refractivity contribution in [1.29, 1.82) is 0 Å². The molecule has 0 aliphatic heterocycles. The molecule has 0 fully saturated rings. The molecular weight excluding hydrogens is 204 g/mol. The van der Waals surface area contributed by atoms with Gasteiger partial charge >= 0.3 is 0 Å². The maximum absolute atomic E-state index is 4.99. The monoisotopic (exact) mass is 218 g/mol. The number of hydrogen-bond acceptors (Lipinski definition) is 1. The number of benzene rings is 1. The third-order valence-corrected chi connectivity index (χ3v) is 2.62. The summed E-state index contributed by atoms with van der Waals surface area (Å²) >= 11 is 4.99.